The lowest BCUT2D eigenvalue weighted by molar-refractivity contribution is -0.185. The summed E-state index contributed by atoms with van der Waals surface area (Å²) in [6, 6.07) is 0. The highest BCUT2D eigenvalue weighted by Gasteiger charge is 2.49. The lowest BCUT2D eigenvalue weighted by Crippen LogP contribution is -2.66. The van der Waals surface area contributed by atoms with Crippen molar-refractivity contribution in [3.05, 3.63) is 0 Å². The van der Waals surface area contributed by atoms with E-state index in [9.17, 15) is 8.78 Å². The van der Waals surface area contributed by atoms with Crippen LogP contribution < -0.4 is 0 Å². The van der Waals surface area contributed by atoms with Crippen LogP contribution in [0.1, 0.15) is 34.6 Å². The lowest BCUT2D eigenvalue weighted by Gasteiger charge is -2.51. The number of hydrogen-bond acceptors (Lipinski definition) is 3. The molecule has 5 heteroatoms. The molecule has 19 heavy (non-hydrogen) atoms. The van der Waals surface area contributed by atoms with Crippen molar-refractivity contribution in [2.45, 2.75) is 57.7 Å². The monoisotopic (exact) mass is 276 g/mol. The highest BCUT2D eigenvalue weighted by Crippen LogP contribution is 2.33. The Balaban J connectivity index is 1.69. The predicted molar refractivity (Wildman–Crippen MR) is 71.7 cm³/mol. The summed E-state index contributed by atoms with van der Waals surface area (Å²) in [5.74, 6) is -2.50. The van der Waals surface area contributed by atoms with E-state index in [1.165, 1.54) is 0 Å². The van der Waals surface area contributed by atoms with Gasteiger partial charge in [-0.15, -0.1) is 0 Å². The number of halogens is 2. The molecule has 0 amide bonds. The van der Waals surface area contributed by atoms with Gasteiger partial charge in [-0.05, 0) is 34.6 Å². The summed E-state index contributed by atoms with van der Waals surface area (Å²) in [5, 5.41) is 0. The number of likely N-dealkylation sites (tertiary alicyclic amines) is 2. The van der Waals surface area contributed by atoms with Gasteiger partial charge in [0.15, 0.2) is 0 Å². The minimum atomic E-state index is -2.50. The summed E-state index contributed by atoms with van der Waals surface area (Å²) in [4.78, 5) is 4.16. The molecular weight excluding hydrogens is 250 g/mol. The van der Waals surface area contributed by atoms with Crippen LogP contribution in [-0.2, 0) is 4.74 Å². The maximum atomic E-state index is 12.9. The van der Waals surface area contributed by atoms with Gasteiger partial charge in [0.25, 0.3) is 5.92 Å². The van der Waals surface area contributed by atoms with Gasteiger partial charge in [0.1, 0.15) is 0 Å². The highest BCUT2D eigenvalue weighted by molar-refractivity contribution is 4.97. The topological polar surface area (TPSA) is 15.7 Å². The zero-order valence-corrected chi connectivity index (χ0v) is 12.7. The minimum Gasteiger partial charge on any atom is -0.374 e. The van der Waals surface area contributed by atoms with Crippen LogP contribution in [0.15, 0.2) is 0 Å². The van der Waals surface area contributed by atoms with Crippen molar-refractivity contribution >= 4 is 0 Å². The largest absolute Gasteiger partial charge is 0.374 e. The molecule has 0 N–H and O–H groups in total. The average molecular weight is 276 g/mol. The molecule has 0 aliphatic carbocycles. The molecule has 0 spiro atoms. The number of hydrogen-bond donors (Lipinski definition) is 0. The highest BCUT2D eigenvalue weighted by atomic mass is 19.3. The Bertz CT molecular complexity index is 325. The van der Waals surface area contributed by atoms with E-state index < -0.39 is 5.92 Å². The second kappa shape index (κ2) is 4.64. The molecule has 0 radical (unpaired) electrons. The summed E-state index contributed by atoms with van der Waals surface area (Å²) < 4.78 is 31.6. The van der Waals surface area contributed by atoms with Crippen molar-refractivity contribution in [2.75, 3.05) is 32.8 Å². The first kappa shape index (κ1) is 15.1. The van der Waals surface area contributed by atoms with Crippen molar-refractivity contribution in [3.8, 4) is 0 Å². The summed E-state index contributed by atoms with van der Waals surface area (Å²) in [6.45, 7) is 12.6. The first-order chi connectivity index (χ1) is 8.50. The molecular formula is C14H26F2N2O. The normalized spacial score (nSPS) is 26.1. The second-order valence-corrected chi connectivity index (χ2v) is 7.53. The van der Waals surface area contributed by atoms with Crippen molar-refractivity contribution < 1.29 is 13.5 Å². The fraction of sp³-hybridized carbons (Fsp3) is 1.00. The van der Waals surface area contributed by atoms with E-state index in [4.69, 9.17) is 4.74 Å². The molecule has 2 heterocycles. The third-order valence-electron chi connectivity index (χ3n) is 4.17. The van der Waals surface area contributed by atoms with E-state index in [0.29, 0.717) is 6.61 Å². The minimum absolute atomic E-state index is 0.137. The van der Waals surface area contributed by atoms with E-state index in [1.807, 2.05) is 13.8 Å². The third-order valence-corrected chi connectivity index (χ3v) is 4.17. The van der Waals surface area contributed by atoms with Gasteiger partial charge in [-0.25, -0.2) is 8.78 Å². The molecule has 0 unspecified atom stereocenters. The van der Waals surface area contributed by atoms with Gasteiger partial charge in [0.2, 0.25) is 0 Å². The summed E-state index contributed by atoms with van der Waals surface area (Å²) in [7, 11) is 0. The molecule has 112 valence electrons. The van der Waals surface area contributed by atoms with Crippen LogP contribution >= 0.6 is 0 Å². The lowest BCUT2D eigenvalue weighted by atomic mass is 9.96. The van der Waals surface area contributed by atoms with E-state index in [-0.39, 0.29) is 30.3 Å². The molecule has 0 aromatic rings. The van der Waals surface area contributed by atoms with Crippen LogP contribution in [0.25, 0.3) is 0 Å². The van der Waals surface area contributed by atoms with E-state index in [1.54, 1.807) is 4.90 Å². The zero-order valence-electron chi connectivity index (χ0n) is 12.7. The maximum Gasteiger partial charge on any atom is 0.272 e. The fourth-order valence-electron chi connectivity index (χ4n) is 2.44. The van der Waals surface area contributed by atoms with Crippen molar-refractivity contribution in [3.63, 3.8) is 0 Å². The van der Waals surface area contributed by atoms with Crippen molar-refractivity contribution in [1.29, 1.82) is 0 Å². The fourth-order valence-corrected chi connectivity index (χ4v) is 2.44. The maximum absolute atomic E-state index is 12.9. The Morgan fingerprint density at radius 1 is 1.05 bits per heavy atom. The Morgan fingerprint density at radius 3 is 2.00 bits per heavy atom. The second-order valence-electron chi connectivity index (χ2n) is 7.53. The molecule has 0 aromatic heterocycles. The summed E-state index contributed by atoms with van der Waals surface area (Å²) in [6.07, 6.45) is 0.250. The van der Waals surface area contributed by atoms with Crippen LogP contribution in [0.3, 0.4) is 0 Å². The van der Waals surface area contributed by atoms with E-state index in [0.717, 1.165) is 13.1 Å². The number of nitrogens with zero attached hydrogens (tertiary/aromatic N) is 2. The molecule has 3 nitrogen and oxygen atoms in total. The van der Waals surface area contributed by atoms with Gasteiger partial charge >= 0.3 is 0 Å². The van der Waals surface area contributed by atoms with Gasteiger partial charge in [-0.2, -0.15) is 0 Å². The van der Waals surface area contributed by atoms with Crippen LogP contribution in [0, 0.1) is 0 Å². The molecule has 2 fully saturated rings. The van der Waals surface area contributed by atoms with Crippen LogP contribution in [0.4, 0.5) is 8.78 Å². The molecule has 0 saturated carbocycles. The van der Waals surface area contributed by atoms with Crippen LogP contribution in [0.5, 0.6) is 0 Å². The summed E-state index contributed by atoms with van der Waals surface area (Å²) in [5.41, 5.74) is -0.112. The first-order valence-electron chi connectivity index (χ1n) is 6.99. The Kier molecular flexibility index (Phi) is 3.69. The number of rotatable bonds is 4. The predicted octanol–water partition coefficient (Wildman–Crippen LogP) is 2.22. The number of alkyl halides is 2. The molecule has 2 aliphatic heterocycles. The summed E-state index contributed by atoms with van der Waals surface area (Å²) >= 11 is 0. The van der Waals surface area contributed by atoms with Crippen LogP contribution in [-0.4, -0.2) is 65.7 Å². The van der Waals surface area contributed by atoms with Gasteiger partial charge in [-0.3, -0.25) is 9.80 Å². The Morgan fingerprint density at radius 2 is 1.58 bits per heavy atom. The Labute approximate surface area is 114 Å². The molecule has 2 aliphatic rings. The smallest absolute Gasteiger partial charge is 0.272 e. The Hall–Kier alpha value is -0.260. The first-order valence-corrected chi connectivity index (χ1v) is 6.99. The molecule has 2 saturated heterocycles. The van der Waals surface area contributed by atoms with Gasteiger partial charge < -0.3 is 4.74 Å². The average Bonchev–Trinajstić information content (AvgIpc) is 2.08. The van der Waals surface area contributed by atoms with Crippen molar-refractivity contribution in [1.82, 2.24) is 9.80 Å². The van der Waals surface area contributed by atoms with E-state index in [2.05, 4.69) is 25.7 Å². The molecule has 0 aromatic carbocycles. The van der Waals surface area contributed by atoms with Crippen molar-refractivity contribution in [2.24, 2.45) is 0 Å². The number of ether oxygens (including phenoxy) is 1. The van der Waals surface area contributed by atoms with Gasteiger partial charge in [0.05, 0.1) is 25.8 Å². The van der Waals surface area contributed by atoms with Crippen LogP contribution in [0.2, 0.25) is 0 Å². The zero-order chi connectivity index (χ0) is 14.5. The molecule has 0 bridgehead atoms. The quantitative estimate of drug-likeness (QED) is 0.783. The third kappa shape index (κ3) is 3.44. The van der Waals surface area contributed by atoms with Gasteiger partial charge in [0, 0.05) is 24.2 Å². The van der Waals surface area contributed by atoms with Gasteiger partial charge in [-0.1, -0.05) is 0 Å². The van der Waals surface area contributed by atoms with E-state index >= 15 is 0 Å². The standard InChI is InChI=1S/C14H26F2N2O/c1-12(2,3)17-6-11(7-17)19-10-13(4,5)18-8-14(15,16)9-18/h11H,6-10H2,1-5H3. The molecule has 0 atom stereocenters. The SMILES string of the molecule is CC(C)(C)N1CC(OCC(C)(C)N2CC(F)(F)C2)C1. The molecule has 2 rings (SSSR count).